The maximum atomic E-state index is 13.0. The van der Waals surface area contributed by atoms with Crippen molar-refractivity contribution in [2.75, 3.05) is 5.73 Å². The Morgan fingerprint density at radius 1 is 1.11 bits per heavy atom. The predicted molar refractivity (Wildman–Crippen MR) is 96.4 cm³/mol. The summed E-state index contributed by atoms with van der Waals surface area (Å²) >= 11 is 0. The molecule has 2 aromatic rings. The average molecular weight is 383 g/mol. The molecule has 28 heavy (non-hydrogen) atoms. The first kappa shape index (κ1) is 18.1. The number of rotatable bonds is 1. The van der Waals surface area contributed by atoms with Gasteiger partial charge in [0.15, 0.2) is 17.3 Å². The zero-order valence-corrected chi connectivity index (χ0v) is 14.8. The van der Waals surface area contributed by atoms with Crippen LogP contribution in [0.5, 0.6) is 11.5 Å². The molecule has 2 aromatic carbocycles. The largest absolute Gasteiger partial charge is 0.507 e. The summed E-state index contributed by atoms with van der Waals surface area (Å²) in [6.07, 6.45) is -2.35. The number of aromatic hydroxyl groups is 2. The molecule has 8 nitrogen and oxygen atoms in total. The highest BCUT2D eigenvalue weighted by atomic mass is 16.3. The molecule has 0 saturated carbocycles. The molecule has 2 aliphatic carbocycles. The number of aliphatic hydroxyl groups excluding tert-OH is 1. The molecule has 6 N–H and O–H groups in total. The molecular formula is C20H17NO7. The van der Waals surface area contributed by atoms with Gasteiger partial charge in [0.2, 0.25) is 0 Å². The van der Waals surface area contributed by atoms with Gasteiger partial charge in [0.25, 0.3) is 0 Å². The Hall–Kier alpha value is -3.23. The van der Waals surface area contributed by atoms with E-state index in [0.29, 0.717) is 0 Å². The van der Waals surface area contributed by atoms with Crippen molar-refractivity contribution in [1.29, 1.82) is 0 Å². The highest BCUT2D eigenvalue weighted by Crippen LogP contribution is 2.50. The molecule has 0 aliphatic heterocycles. The van der Waals surface area contributed by atoms with Crippen LogP contribution in [0.3, 0.4) is 0 Å². The number of aliphatic hydroxyl groups is 2. The number of hydrogen-bond donors (Lipinski definition) is 5. The summed E-state index contributed by atoms with van der Waals surface area (Å²) in [6.45, 7) is 1.14. The fourth-order valence-electron chi connectivity index (χ4n) is 4.10. The van der Waals surface area contributed by atoms with Crippen molar-refractivity contribution < 1.29 is 34.8 Å². The van der Waals surface area contributed by atoms with E-state index < -0.39 is 64.5 Å². The number of carbonyl (C=O) groups is 3. The van der Waals surface area contributed by atoms with Crippen LogP contribution < -0.4 is 5.73 Å². The molecule has 2 atom stereocenters. The van der Waals surface area contributed by atoms with Crippen LogP contribution in [0.25, 0.3) is 0 Å². The highest BCUT2D eigenvalue weighted by molar-refractivity contribution is 6.32. The van der Waals surface area contributed by atoms with E-state index in [4.69, 9.17) is 5.73 Å². The molecule has 0 fully saturated rings. The van der Waals surface area contributed by atoms with Gasteiger partial charge in [-0.05, 0) is 13.0 Å². The van der Waals surface area contributed by atoms with Gasteiger partial charge in [-0.2, -0.15) is 0 Å². The van der Waals surface area contributed by atoms with Crippen molar-refractivity contribution >= 4 is 23.0 Å². The fourth-order valence-corrected chi connectivity index (χ4v) is 4.10. The summed E-state index contributed by atoms with van der Waals surface area (Å²) in [4.78, 5) is 37.8. The lowest BCUT2D eigenvalue weighted by Gasteiger charge is -2.36. The Morgan fingerprint density at radius 3 is 2.39 bits per heavy atom. The Balaban J connectivity index is 2.05. The summed E-state index contributed by atoms with van der Waals surface area (Å²) in [6, 6.07) is 4.30. The topological polar surface area (TPSA) is 158 Å². The fraction of sp³-hybridized carbons (Fsp3) is 0.250. The van der Waals surface area contributed by atoms with Gasteiger partial charge in [-0.25, -0.2) is 0 Å². The molecule has 2 aliphatic rings. The highest BCUT2D eigenvalue weighted by Gasteiger charge is 2.47. The predicted octanol–water partition coefficient (Wildman–Crippen LogP) is 0.755. The molecule has 144 valence electrons. The second kappa shape index (κ2) is 5.63. The van der Waals surface area contributed by atoms with Gasteiger partial charge < -0.3 is 26.2 Å². The second-order valence-electron chi connectivity index (χ2n) is 7.25. The van der Waals surface area contributed by atoms with Gasteiger partial charge in [0.1, 0.15) is 17.1 Å². The van der Waals surface area contributed by atoms with Crippen molar-refractivity contribution in [2.45, 2.75) is 31.5 Å². The standard InChI is InChI=1S/C20H17NO7/c1-7(22)20(28)5-9-13(11(23)6-20)19(27)15-14(17(9)25)16(24)8-3-2-4-10(21)12(8)18(15)26/h2-4,11,23,25,27-28H,5-6,21H2,1H3. The SMILES string of the molecule is CC(=O)C1(O)Cc2c(O)c3c(c(O)c2C(O)C1)C(=O)c1c(N)cccc1C3=O. The van der Waals surface area contributed by atoms with E-state index in [-0.39, 0.29) is 27.9 Å². The Kier molecular flexibility index (Phi) is 3.65. The van der Waals surface area contributed by atoms with Crippen LogP contribution in [-0.2, 0) is 11.2 Å². The molecule has 0 amide bonds. The minimum atomic E-state index is -1.96. The van der Waals surface area contributed by atoms with Crippen molar-refractivity contribution in [3.8, 4) is 11.5 Å². The van der Waals surface area contributed by atoms with Crippen molar-refractivity contribution in [1.82, 2.24) is 0 Å². The maximum absolute atomic E-state index is 13.0. The van der Waals surface area contributed by atoms with Crippen molar-refractivity contribution in [3.63, 3.8) is 0 Å². The lowest BCUT2D eigenvalue weighted by molar-refractivity contribution is -0.139. The molecule has 0 spiro atoms. The molecule has 0 bridgehead atoms. The molecule has 8 heteroatoms. The Morgan fingerprint density at radius 2 is 1.75 bits per heavy atom. The smallest absolute Gasteiger partial charge is 0.200 e. The zero-order chi connectivity index (χ0) is 20.5. The summed E-state index contributed by atoms with van der Waals surface area (Å²) < 4.78 is 0. The van der Waals surface area contributed by atoms with Crippen molar-refractivity contribution in [2.24, 2.45) is 0 Å². The first-order valence-electron chi connectivity index (χ1n) is 8.58. The van der Waals surface area contributed by atoms with E-state index in [1.807, 2.05) is 0 Å². The normalized spacial score (nSPS) is 23.0. The number of nitrogens with two attached hydrogens (primary N) is 1. The van der Waals surface area contributed by atoms with Gasteiger partial charge in [-0.15, -0.1) is 0 Å². The number of carbonyl (C=O) groups excluding carboxylic acids is 3. The number of anilines is 1. The lowest BCUT2D eigenvalue weighted by Crippen LogP contribution is -2.44. The summed E-state index contributed by atoms with van der Waals surface area (Å²) in [7, 11) is 0. The molecule has 0 radical (unpaired) electrons. The summed E-state index contributed by atoms with van der Waals surface area (Å²) in [5.41, 5.74) is 2.62. The van der Waals surface area contributed by atoms with Crippen LogP contribution in [0.4, 0.5) is 5.69 Å². The number of Topliss-reactive ketones (excluding diaryl/α,β-unsaturated/α-hetero) is 1. The average Bonchev–Trinajstić information content (AvgIpc) is 2.61. The first-order valence-corrected chi connectivity index (χ1v) is 8.58. The van der Waals surface area contributed by atoms with E-state index in [2.05, 4.69) is 0 Å². The number of phenols is 2. The molecule has 4 rings (SSSR count). The Bertz CT molecular complexity index is 1100. The van der Waals surface area contributed by atoms with Gasteiger partial charge in [-0.1, -0.05) is 12.1 Å². The molecule has 2 unspecified atom stereocenters. The molecule has 0 heterocycles. The third kappa shape index (κ3) is 2.15. The monoisotopic (exact) mass is 383 g/mol. The van der Waals surface area contributed by atoms with Gasteiger partial charge in [0.05, 0.1) is 22.8 Å². The number of nitrogen functional groups attached to an aromatic ring is 1. The van der Waals surface area contributed by atoms with E-state index in [1.54, 1.807) is 0 Å². The molecular weight excluding hydrogens is 366 g/mol. The van der Waals surface area contributed by atoms with E-state index in [0.717, 1.165) is 6.92 Å². The number of hydrogen-bond acceptors (Lipinski definition) is 8. The van der Waals surface area contributed by atoms with E-state index >= 15 is 0 Å². The summed E-state index contributed by atoms with van der Waals surface area (Å²) in [5.74, 6) is -3.41. The third-order valence-corrected chi connectivity index (χ3v) is 5.60. The van der Waals surface area contributed by atoms with Crippen LogP contribution >= 0.6 is 0 Å². The van der Waals surface area contributed by atoms with E-state index in [1.165, 1.54) is 18.2 Å². The van der Waals surface area contributed by atoms with Crippen molar-refractivity contribution in [3.05, 3.63) is 51.6 Å². The quantitative estimate of drug-likeness (QED) is 0.304. The van der Waals surface area contributed by atoms with Gasteiger partial charge in [0, 0.05) is 35.2 Å². The first-order chi connectivity index (χ1) is 13.1. The van der Waals surface area contributed by atoms with Crippen LogP contribution in [0, 0.1) is 0 Å². The number of fused-ring (bicyclic) bond motifs is 3. The molecule has 0 saturated heterocycles. The number of ketones is 3. The number of benzene rings is 2. The minimum absolute atomic E-state index is 0.0228. The van der Waals surface area contributed by atoms with Crippen LogP contribution in [0.1, 0.15) is 62.4 Å². The lowest BCUT2D eigenvalue weighted by atomic mass is 9.72. The zero-order valence-electron chi connectivity index (χ0n) is 14.8. The summed E-state index contributed by atoms with van der Waals surface area (Å²) in [5, 5.41) is 42.5. The second-order valence-corrected chi connectivity index (χ2v) is 7.25. The number of phenolic OH excluding ortho intramolecular Hbond substituents is 2. The third-order valence-electron chi connectivity index (χ3n) is 5.60. The van der Waals surface area contributed by atoms with Crippen LogP contribution in [0.2, 0.25) is 0 Å². The van der Waals surface area contributed by atoms with Gasteiger partial charge >= 0.3 is 0 Å². The molecule has 0 aromatic heterocycles. The van der Waals surface area contributed by atoms with Crippen LogP contribution in [0.15, 0.2) is 18.2 Å². The maximum Gasteiger partial charge on any atom is 0.200 e. The van der Waals surface area contributed by atoms with E-state index in [9.17, 15) is 34.8 Å². The van der Waals surface area contributed by atoms with Gasteiger partial charge in [-0.3, -0.25) is 14.4 Å². The Labute approximate surface area is 158 Å². The van der Waals surface area contributed by atoms with Crippen LogP contribution in [-0.4, -0.2) is 43.4 Å². The minimum Gasteiger partial charge on any atom is -0.507 e.